The molecular weight excluding hydrogens is 262 g/mol. The molecule has 0 aliphatic heterocycles. The first-order chi connectivity index (χ1) is 9.16. The topological polar surface area (TPSA) is 60.9 Å². The highest BCUT2D eigenvalue weighted by Crippen LogP contribution is 2.21. The molecule has 0 saturated heterocycles. The van der Waals surface area contributed by atoms with Crippen LogP contribution in [-0.2, 0) is 0 Å². The molecule has 0 spiro atoms. The lowest BCUT2D eigenvalue weighted by Gasteiger charge is -2.06. The maximum atomic E-state index is 12.5. The Bertz CT molecular complexity index is 779. The molecule has 2 N–H and O–H groups in total. The summed E-state index contributed by atoms with van der Waals surface area (Å²) in [6.45, 7) is 0. The van der Waals surface area contributed by atoms with E-state index >= 15 is 0 Å². The third kappa shape index (κ3) is 1.96. The number of imidazole rings is 1. The summed E-state index contributed by atoms with van der Waals surface area (Å²) in [4.78, 5) is 16.6. The van der Waals surface area contributed by atoms with Crippen molar-refractivity contribution in [3.8, 4) is 0 Å². The fourth-order valence-electron chi connectivity index (χ4n) is 1.98. The molecular formula is C14H10ClN3O. The summed E-state index contributed by atoms with van der Waals surface area (Å²) in [5.41, 5.74) is 8.12. The van der Waals surface area contributed by atoms with Crippen molar-refractivity contribution in [3.63, 3.8) is 0 Å². The average molecular weight is 272 g/mol. The molecule has 0 aliphatic carbocycles. The van der Waals surface area contributed by atoms with Gasteiger partial charge in [-0.15, -0.1) is 0 Å². The van der Waals surface area contributed by atoms with Gasteiger partial charge in [-0.2, -0.15) is 0 Å². The van der Waals surface area contributed by atoms with Crippen molar-refractivity contribution in [1.82, 2.24) is 9.55 Å². The van der Waals surface area contributed by atoms with Gasteiger partial charge in [0.25, 0.3) is 5.91 Å². The van der Waals surface area contributed by atoms with Crippen LogP contribution in [0.5, 0.6) is 0 Å². The Labute approximate surface area is 114 Å². The molecule has 0 atom stereocenters. The number of nitrogens with two attached hydrogens (primary N) is 1. The second-order valence-electron chi connectivity index (χ2n) is 4.14. The zero-order valence-electron chi connectivity index (χ0n) is 9.88. The number of carbonyl (C=O) groups is 1. The Kier molecular flexibility index (Phi) is 2.72. The van der Waals surface area contributed by atoms with Crippen LogP contribution in [0, 0.1) is 0 Å². The summed E-state index contributed by atoms with van der Waals surface area (Å²) in [5.74, 6) is -0.220. The first-order valence-electron chi connectivity index (χ1n) is 5.68. The van der Waals surface area contributed by atoms with Crippen molar-refractivity contribution in [2.24, 2.45) is 0 Å². The summed E-state index contributed by atoms with van der Waals surface area (Å²) in [6, 6.07) is 12.3. The molecule has 3 aromatic rings. The van der Waals surface area contributed by atoms with Crippen molar-refractivity contribution in [3.05, 3.63) is 59.4 Å². The number of anilines is 1. The van der Waals surface area contributed by atoms with Gasteiger partial charge in [0.2, 0.25) is 0 Å². The molecule has 0 radical (unpaired) electrons. The van der Waals surface area contributed by atoms with Gasteiger partial charge in [0.05, 0.1) is 16.6 Å². The number of rotatable bonds is 1. The van der Waals surface area contributed by atoms with Crippen molar-refractivity contribution in [1.29, 1.82) is 0 Å². The van der Waals surface area contributed by atoms with E-state index in [0.717, 1.165) is 11.0 Å². The van der Waals surface area contributed by atoms with E-state index < -0.39 is 0 Å². The fraction of sp³-hybridized carbons (Fsp3) is 0. The van der Waals surface area contributed by atoms with Crippen molar-refractivity contribution in [2.75, 3.05) is 5.73 Å². The lowest BCUT2D eigenvalue weighted by atomic mass is 10.1. The Morgan fingerprint density at radius 3 is 2.79 bits per heavy atom. The predicted octanol–water partition coefficient (Wildman–Crippen LogP) is 2.96. The predicted molar refractivity (Wildman–Crippen MR) is 75.3 cm³/mol. The maximum Gasteiger partial charge on any atom is 0.265 e. The number of fused-ring (bicyclic) bond motifs is 1. The van der Waals surface area contributed by atoms with Gasteiger partial charge in [-0.3, -0.25) is 9.36 Å². The lowest BCUT2D eigenvalue weighted by molar-refractivity contribution is 0.0965. The quantitative estimate of drug-likeness (QED) is 0.692. The molecule has 1 aromatic heterocycles. The van der Waals surface area contributed by atoms with Gasteiger partial charge in [0, 0.05) is 10.7 Å². The molecule has 5 heteroatoms. The minimum atomic E-state index is -0.220. The van der Waals surface area contributed by atoms with Crippen LogP contribution in [0.2, 0.25) is 5.02 Å². The summed E-state index contributed by atoms with van der Waals surface area (Å²) in [5, 5.41) is 0.504. The van der Waals surface area contributed by atoms with Crippen LogP contribution in [0.1, 0.15) is 10.4 Å². The molecule has 94 valence electrons. The summed E-state index contributed by atoms with van der Waals surface area (Å²) >= 11 is 5.83. The Morgan fingerprint density at radius 2 is 2.00 bits per heavy atom. The molecule has 0 amide bonds. The summed E-state index contributed by atoms with van der Waals surface area (Å²) in [7, 11) is 0. The van der Waals surface area contributed by atoms with E-state index in [0.29, 0.717) is 16.3 Å². The third-order valence-electron chi connectivity index (χ3n) is 2.92. The summed E-state index contributed by atoms with van der Waals surface area (Å²) in [6.07, 6.45) is 1.50. The molecule has 0 fully saturated rings. The van der Waals surface area contributed by atoms with E-state index in [-0.39, 0.29) is 5.91 Å². The molecule has 0 unspecified atom stereocenters. The Hall–Kier alpha value is -2.33. The normalized spacial score (nSPS) is 10.8. The number of nitrogens with zero attached hydrogens (tertiary/aromatic N) is 2. The largest absolute Gasteiger partial charge is 0.398 e. The number of aromatic nitrogens is 2. The first-order valence-corrected chi connectivity index (χ1v) is 6.06. The van der Waals surface area contributed by atoms with Crippen LogP contribution >= 0.6 is 11.6 Å². The number of para-hydroxylation sites is 2. The number of nitrogen functional groups attached to an aromatic ring is 1. The maximum absolute atomic E-state index is 12.5. The van der Waals surface area contributed by atoms with E-state index in [1.54, 1.807) is 18.2 Å². The van der Waals surface area contributed by atoms with Crippen molar-refractivity contribution < 1.29 is 4.79 Å². The number of halogens is 1. The third-order valence-corrected chi connectivity index (χ3v) is 3.15. The molecule has 1 heterocycles. The van der Waals surface area contributed by atoms with Gasteiger partial charge >= 0.3 is 0 Å². The van der Waals surface area contributed by atoms with Crippen LogP contribution < -0.4 is 5.73 Å². The second-order valence-corrected chi connectivity index (χ2v) is 4.58. The molecule has 0 aliphatic rings. The second kappa shape index (κ2) is 4.40. The van der Waals surface area contributed by atoms with Gasteiger partial charge in [-0.1, -0.05) is 23.7 Å². The number of carbonyl (C=O) groups excluding carboxylic acids is 1. The van der Waals surface area contributed by atoms with Crippen LogP contribution in [0.3, 0.4) is 0 Å². The number of hydrogen-bond donors (Lipinski definition) is 1. The standard InChI is InChI=1S/C14H10ClN3O/c15-9-5-6-10(11(16)7-9)14(19)18-8-17-12-3-1-2-4-13(12)18/h1-8H,16H2. The molecule has 19 heavy (non-hydrogen) atoms. The number of hydrogen-bond acceptors (Lipinski definition) is 3. The smallest absolute Gasteiger partial charge is 0.265 e. The first kappa shape index (κ1) is 11.7. The molecule has 0 bridgehead atoms. The minimum Gasteiger partial charge on any atom is -0.398 e. The van der Waals surface area contributed by atoms with E-state index in [9.17, 15) is 4.79 Å². The Morgan fingerprint density at radius 1 is 1.21 bits per heavy atom. The van der Waals surface area contributed by atoms with Crippen LogP contribution in [-0.4, -0.2) is 15.5 Å². The lowest BCUT2D eigenvalue weighted by Crippen LogP contribution is -2.12. The Balaban J connectivity index is 2.13. The monoisotopic (exact) mass is 271 g/mol. The van der Waals surface area contributed by atoms with Crippen LogP contribution in [0.15, 0.2) is 48.8 Å². The minimum absolute atomic E-state index is 0.220. The van der Waals surface area contributed by atoms with Crippen LogP contribution in [0.4, 0.5) is 5.69 Å². The van der Waals surface area contributed by atoms with Gasteiger partial charge in [-0.25, -0.2) is 4.98 Å². The SMILES string of the molecule is Nc1cc(Cl)ccc1C(=O)n1cnc2ccccc21. The van der Waals surface area contributed by atoms with E-state index in [2.05, 4.69) is 4.98 Å². The van der Waals surface area contributed by atoms with E-state index in [1.165, 1.54) is 10.9 Å². The highest BCUT2D eigenvalue weighted by molar-refractivity contribution is 6.31. The van der Waals surface area contributed by atoms with Gasteiger partial charge < -0.3 is 5.73 Å². The molecule has 3 rings (SSSR count). The van der Waals surface area contributed by atoms with Gasteiger partial charge in [0.15, 0.2) is 0 Å². The summed E-state index contributed by atoms with van der Waals surface area (Å²) < 4.78 is 1.48. The highest BCUT2D eigenvalue weighted by Gasteiger charge is 2.14. The highest BCUT2D eigenvalue weighted by atomic mass is 35.5. The van der Waals surface area contributed by atoms with Gasteiger partial charge in [-0.05, 0) is 30.3 Å². The van der Waals surface area contributed by atoms with Crippen LogP contribution in [0.25, 0.3) is 11.0 Å². The van der Waals surface area contributed by atoms with Crippen molar-refractivity contribution >= 4 is 34.2 Å². The fourth-order valence-corrected chi connectivity index (χ4v) is 2.16. The number of benzene rings is 2. The van der Waals surface area contributed by atoms with E-state index in [1.807, 2.05) is 24.3 Å². The zero-order valence-corrected chi connectivity index (χ0v) is 10.6. The van der Waals surface area contributed by atoms with Gasteiger partial charge in [0.1, 0.15) is 6.33 Å². The zero-order chi connectivity index (χ0) is 13.4. The average Bonchev–Trinajstić information content (AvgIpc) is 2.82. The molecule has 0 saturated carbocycles. The molecule has 4 nitrogen and oxygen atoms in total. The van der Waals surface area contributed by atoms with E-state index in [4.69, 9.17) is 17.3 Å². The molecule has 2 aromatic carbocycles. The van der Waals surface area contributed by atoms with Crippen molar-refractivity contribution in [2.45, 2.75) is 0 Å².